The second-order valence-electron chi connectivity index (χ2n) is 5.10. The molecule has 3 rings (SSSR count). The lowest BCUT2D eigenvalue weighted by Gasteiger charge is -2.14. The van der Waals surface area contributed by atoms with Crippen molar-refractivity contribution in [3.05, 3.63) is 53.1 Å². The topological polar surface area (TPSA) is 9.23 Å². The van der Waals surface area contributed by atoms with Crippen LogP contribution >= 0.6 is 0 Å². The molecule has 0 atom stereocenters. The molecule has 0 spiro atoms. The summed E-state index contributed by atoms with van der Waals surface area (Å²) in [4.78, 5) is 0. The Labute approximate surface area is 115 Å². The van der Waals surface area contributed by atoms with Crippen molar-refractivity contribution in [3.63, 3.8) is 0 Å². The summed E-state index contributed by atoms with van der Waals surface area (Å²) in [5.74, 6) is 1.14. The van der Waals surface area contributed by atoms with Gasteiger partial charge in [0.1, 0.15) is 5.75 Å². The van der Waals surface area contributed by atoms with Gasteiger partial charge in [0.05, 0.1) is 6.61 Å². The van der Waals surface area contributed by atoms with Crippen molar-refractivity contribution in [2.75, 3.05) is 6.61 Å². The zero-order valence-electron chi connectivity index (χ0n) is 11.7. The van der Waals surface area contributed by atoms with Crippen molar-refractivity contribution < 1.29 is 4.74 Å². The van der Waals surface area contributed by atoms with Crippen LogP contribution in [-0.4, -0.2) is 6.61 Å². The highest BCUT2D eigenvalue weighted by atomic mass is 16.5. The van der Waals surface area contributed by atoms with Crippen molar-refractivity contribution in [1.29, 1.82) is 0 Å². The molecule has 1 aliphatic carbocycles. The maximum atomic E-state index is 5.96. The van der Waals surface area contributed by atoms with Gasteiger partial charge in [-0.25, -0.2) is 0 Å². The van der Waals surface area contributed by atoms with E-state index in [0.29, 0.717) is 0 Å². The summed E-state index contributed by atoms with van der Waals surface area (Å²) in [5, 5.41) is 0. The zero-order chi connectivity index (χ0) is 13.2. The lowest BCUT2D eigenvalue weighted by Crippen LogP contribution is -2.00. The molecule has 1 aliphatic rings. The number of rotatable bonds is 4. The molecule has 0 aliphatic heterocycles. The molecular formula is C18H20O. The summed E-state index contributed by atoms with van der Waals surface area (Å²) in [5.41, 5.74) is 6.90. The summed E-state index contributed by atoms with van der Waals surface area (Å²) >= 11 is 0. The van der Waals surface area contributed by atoms with E-state index in [-0.39, 0.29) is 0 Å². The van der Waals surface area contributed by atoms with Gasteiger partial charge in [-0.05, 0) is 35.6 Å². The van der Waals surface area contributed by atoms with Crippen LogP contribution < -0.4 is 4.74 Å². The lowest BCUT2D eigenvalue weighted by molar-refractivity contribution is 0.333. The van der Waals surface area contributed by atoms with E-state index in [4.69, 9.17) is 4.74 Å². The van der Waals surface area contributed by atoms with Gasteiger partial charge in [0, 0.05) is 12.0 Å². The lowest BCUT2D eigenvalue weighted by atomic mass is 9.99. The number of benzene rings is 2. The van der Waals surface area contributed by atoms with Crippen LogP contribution in [0, 0.1) is 0 Å². The summed E-state index contributed by atoms with van der Waals surface area (Å²) in [6.07, 6.45) is 3.27. The van der Waals surface area contributed by atoms with Crippen LogP contribution in [0.2, 0.25) is 0 Å². The first kappa shape index (κ1) is 12.3. The normalized spacial score (nSPS) is 12.1. The summed E-state index contributed by atoms with van der Waals surface area (Å²) in [6.45, 7) is 5.03. The summed E-state index contributed by atoms with van der Waals surface area (Å²) in [7, 11) is 0. The third-order valence-electron chi connectivity index (χ3n) is 3.82. The van der Waals surface area contributed by atoms with E-state index in [1.165, 1.54) is 27.8 Å². The molecule has 0 unspecified atom stereocenters. The van der Waals surface area contributed by atoms with E-state index in [9.17, 15) is 0 Å². The zero-order valence-corrected chi connectivity index (χ0v) is 11.7. The monoisotopic (exact) mass is 252 g/mol. The first-order chi connectivity index (χ1) is 9.35. The van der Waals surface area contributed by atoms with Gasteiger partial charge in [-0.1, -0.05) is 49.7 Å². The van der Waals surface area contributed by atoms with Gasteiger partial charge in [0.15, 0.2) is 0 Å². The summed E-state index contributed by atoms with van der Waals surface area (Å²) in [6, 6.07) is 13.2. The van der Waals surface area contributed by atoms with Crippen LogP contribution in [0.3, 0.4) is 0 Å². The Bertz CT molecular complexity index is 599. The molecule has 0 saturated heterocycles. The fourth-order valence-electron chi connectivity index (χ4n) is 3.02. The first-order valence-electron chi connectivity index (χ1n) is 7.21. The Hall–Kier alpha value is -1.76. The van der Waals surface area contributed by atoms with Gasteiger partial charge >= 0.3 is 0 Å². The molecular weight excluding hydrogens is 232 g/mol. The quantitative estimate of drug-likeness (QED) is 0.659. The second kappa shape index (κ2) is 5.08. The van der Waals surface area contributed by atoms with Crippen LogP contribution in [0.1, 0.15) is 37.0 Å². The van der Waals surface area contributed by atoms with Crippen LogP contribution in [0.25, 0.3) is 11.1 Å². The molecule has 1 nitrogen and oxygen atoms in total. The SMILES string of the molecule is CCCc1ccc2c(c1OCC)Cc1ccccc1-2. The molecule has 0 amide bonds. The molecule has 0 radical (unpaired) electrons. The molecule has 0 aromatic heterocycles. The van der Waals surface area contributed by atoms with E-state index >= 15 is 0 Å². The second-order valence-corrected chi connectivity index (χ2v) is 5.10. The van der Waals surface area contributed by atoms with Crippen molar-refractivity contribution in [2.24, 2.45) is 0 Å². The molecule has 0 N–H and O–H groups in total. The minimum Gasteiger partial charge on any atom is -0.493 e. The van der Waals surface area contributed by atoms with E-state index < -0.39 is 0 Å². The Kier molecular flexibility index (Phi) is 3.29. The average molecular weight is 252 g/mol. The maximum Gasteiger partial charge on any atom is 0.126 e. The van der Waals surface area contributed by atoms with Gasteiger partial charge in [-0.15, -0.1) is 0 Å². The average Bonchev–Trinajstić information content (AvgIpc) is 2.81. The van der Waals surface area contributed by atoms with E-state index in [1.807, 2.05) is 0 Å². The predicted molar refractivity (Wildman–Crippen MR) is 79.8 cm³/mol. The van der Waals surface area contributed by atoms with Crippen molar-refractivity contribution in [2.45, 2.75) is 33.1 Å². The molecule has 0 saturated carbocycles. The Balaban J connectivity index is 2.13. The minimum absolute atomic E-state index is 0.740. The highest BCUT2D eigenvalue weighted by Gasteiger charge is 2.23. The largest absolute Gasteiger partial charge is 0.493 e. The third kappa shape index (κ3) is 2.03. The third-order valence-corrected chi connectivity index (χ3v) is 3.82. The van der Waals surface area contributed by atoms with E-state index in [0.717, 1.165) is 31.6 Å². The van der Waals surface area contributed by atoms with Gasteiger partial charge in [-0.3, -0.25) is 0 Å². The molecule has 1 heteroatoms. The molecule has 2 aromatic carbocycles. The van der Waals surface area contributed by atoms with Gasteiger partial charge in [0.2, 0.25) is 0 Å². The first-order valence-corrected chi connectivity index (χ1v) is 7.21. The highest BCUT2D eigenvalue weighted by Crippen LogP contribution is 2.43. The van der Waals surface area contributed by atoms with Crippen molar-refractivity contribution in [1.82, 2.24) is 0 Å². The number of hydrogen-bond acceptors (Lipinski definition) is 1. The molecule has 19 heavy (non-hydrogen) atoms. The van der Waals surface area contributed by atoms with E-state index in [2.05, 4.69) is 50.2 Å². The van der Waals surface area contributed by atoms with Crippen molar-refractivity contribution in [3.8, 4) is 16.9 Å². The predicted octanol–water partition coefficient (Wildman–Crippen LogP) is 4.61. The Morgan fingerprint density at radius 2 is 1.84 bits per heavy atom. The standard InChI is InChI=1S/C18H20O/c1-3-7-13-10-11-16-15-9-6-5-8-14(15)12-17(16)18(13)19-4-2/h5-6,8-11H,3-4,7,12H2,1-2H3. The van der Waals surface area contributed by atoms with Crippen molar-refractivity contribution >= 4 is 0 Å². The number of ether oxygens (including phenoxy) is 1. The van der Waals surface area contributed by atoms with E-state index in [1.54, 1.807) is 0 Å². The van der Waals surface area contributed by atoms with Gasteiger partial charge in [0.25, 0.3) is 0 Å². The van der Waals surface area contributed by atoms with Gasteiger partial charge < -0.3 is 4.74 Å². The van der Waals surface area contributed by atoms with Crippen LogP contribution in [0.4, 0.5) is 0 Å². The highest BCUT2D eigenvalue weighted by molar-refractivity contribution is 5.79. The van der Waals surface area contributed by atoms with Crippen LogP contribution in [-0.2, 0) is 12.8 Å². The fraction of sp³-hybridized carbons (Fsp3) is 0.333. The molecule has 98 valence electrons. The number of hydrogen-bond donors (Lipinski definition) is 0. The number of fused-ring (bicyclic) bond motifs is 3. The van der Waals surface area contributed by atoms with Gasteiger partial charge in [-0.2, -0.15) is 0 Å². The maximum absolute atomic E-state index is 5.96. The molecule has 0 heterocycles. The van der Waals surface area contributed by atoms with Crippen LogP contribution in [0.5, 0.6) is 5.75 Å². The smallest absolute Gasteiger partial charge is 0.126 e. The Morgan fingerprint density at radius 3 is 2.63 bits per heavy atom. The molecule has 0 fully saturated rings. The molecule has 2 aromatic rings. The fourth-order valence-corrected chi connectivity index (χ4v) is 3.02. The number of aryl methyl sites for hydroxylation is 1. The molecule has 0 bridgehead atoms. The Morgan fingerprint density at radius 1 is 1.00 bits per heavy atom. The minimum atomic E-state index is 0.740. The van der Waals surface area contributed by atoms with Crippen LogP contribution in [0.15, 0.2) is 36.4 Å². The summed E-state index contributed by atoms with van der Waals surface area (Å²) < 4.78 is 5.96.